The van der Waals surface area contributed by atoms with Crippen molar-refractivity contribution >= 4 is 23.5 Å². The first-order chi connectivity index (χ1) is 11.3. The Hall–Kier alpha value is -2.11. The number of halogens is 1. The lowest BCUT2D eigenvalue weighted by Gasteiger charge is -2.38. The van der Waals surface area contributed by atoms with Crippen molar-refractivity contribution in [2.75, 3.05) is 6.54 Å². The van der Waals surface area contributed by atoms with Gasteiger partial charge in [0.2, 0.25) is 0 Å². The Bertz CT molecular complexity index is 771. The zero-order valence-electron chi connectivity index (χ0n) is 14.0. The molecule has 0 aliphatic carbocycles. The Morgan fingerprint density at radius 1 is 1.21 bits per heavy atom. The number of β-amino-alcohol motifs (C(OH)–C–C–N with tert-alkyl or cyclic N) is 1. The molecule has 1 aromatic heterocycles. The molecule has 0 fully saturated rings. The Morgan fingerprint density at radius 2 is 1.92 bits per heavy atom. The number of rotatable bonds is 4. The molecule has 0 saturated carbocycles. The first kappa shape index (κ1) is 16.7. The van der Waals surface area contributed by atoms with Crippen LogP contribution in [0.5, 0.6) is 0 Å². The van der Waals surface area contributed by atoms with Gasteiger partial charge in [-0.15, -0.1) is 0 Å². The number of aliphatic imine (C=N–C) groups is 1. The van der Waals surface area contributed by atoms with Gasteiger partial charge < -0.3 is 10.0 Å². The van der Waals surface area contributed by atoms with Crippen LogP contribution < -0.4 is 0 Å². The van der Waals surface area contributed by atoms with E-state index in [1.165, 1.54) is 0 Å². The molecule has 6 heteroatoms. The lowest BCUT2D eigenvalue weighted by molar-refractivity contribution is 0.0423. The van der Waals surface area contributed by atoms with E-state index < -0.39 is 5.60 Å². The summed E-state index contributed by atoms with van der Waals surface area (Å²) in [5.41, 5.74) is 2.13. The number of hydrogen-bond acceptors (Lipinski definition) is 4. The highest BCUT2D eigenvalue weighted by molar-refractivity contribution is 6.30. The van der Waals surface area contributed by atoms with Crippen LogP contribution in [0.1, 0.15) is 31.3 Å². The number of aliphatic hydroxyl groups is 1. The second kappa shape index (κ2) is 6.42. The first-order valence-corrected chi connectivity index (χ1v) is 8.19. The van der Waals surface area contributed by atoms with E-state index in [9.17, 15) is 5.11 Å². The highest BCUT2D eigenvalue weighted by atomic mass is 35.5. The average molecular weight is 345 g/mol. The van der Waals surface area contributed by atoms with Gasteiger partial charge in [0.25, 0.3) is 0 Å². The van der Waals surface area contributed by atoms with E-state index in [1.807, 2.05) is 54.4 Å². The summed E-state index contributed by atoms with van der Waals surface area (Å²) >= 11 is 6.01. The summed E-state index contributed by atoms with van der Waals surface area (Å²) in [6.45, 7) is 4.03. The molecule has 126 valence electrons. The van der Waals surface area contributed by atoms with Gasteiger partial charge in [0.05, 0.1) is 11.3 Å². The Labute approximate surface area is 146 Å². The first-order valence-electron chi connectivity index (χ1n) is 7.81. The fourth-order valence-corrected chi connectivity index (χ4v) is 2.97. The quantitative estimate of drug-likeness (QED) is 0.926. The van der Waals surface area contributed by atoms with E-state index in [1.54, 1.807) is 20.0 Å². The van der Waals surface area contributed by atoms with E-state index in [4.69, 9.17) is 11.6 Å². The van der Waals surface area contributed by atoms with Gasteiger partial charge in [0.15, 0.2) is 6.17 Å². The van der Waals surface area contributed by atoms with E-state index in [2.05, 4.69) is 15.0 Å². The molecule has 0 amide bonds. The van der Waals surface area contributed by atoms with Gasteiger partial charge in [-0.3, -0.25) is 9.67 Å². The molecule has 5 nitrogen and oxygen atoms in total. The van der Waals surface area contributed by atoms with E-state index in [0.29, 0.717) is 11.6 Å². The summed E-state index contributed by atoms with van der Waals surface area (Å²) < 4.78 is 1.81. The standard InChI is InChI=1S/C18H21ClN4O/c1-18(2,24)12-23-15(13-4-6-14(19)7-5-13)8-10-20-17(23)16-9-11-21-22(16)3/h4-11,17,24H,12H2,1-3H3. The van der Waals surface area contributed by atoms with Crippen molar-refractivity contribution in [2.24, 2.45) is 12.0 Å². The van der Waals surface area contributed by atoms with Gasteiger partial charge >= 0.3 is 0 Å². The van der Waals surface area contributed by atoms with Crippen molar-refractivity contribution in [1.82, 2.24) is 14.7 Å². The second-order valence-corrected chi connectivity index (χ2v) is 6.99. The number of aryl methyl sites for hydroxylation is 1. The molecule has 2 aromatic rings. The van der Waals surface area contributed by atoms with Crippen LogP contribution in [0.15, 0.2) is 47.6 Å². The van der Waals surface area contributed by atoms with Gasteiger partial charge in [-0.1, -0.05) is 23.7 Å². The molecule has 1 aliphatic rings. The third kappa shape index (κ3) is 3.52. The summed E-state index contributed by atoms with van der Waals surface area (Å²) in [5.74, 6) is 0. The van der Waals surface area contributed by atoms with Gasteiger partial charge in [-0.2, -0.15) is 5.10 Å². The van der Waals surface area contributed by atoms with Crippen molar-refractivity contribution in [1.29, 1.82) is 0 Å². The fourth-order valence-electron chi connectivity index (χ4n) is 2.85. The molecule has 3 rings (SSSR count). The SMILES string of the molecule is Cn1nccc1C1N=CC=C(c2ccc(Cl)cc2)N1CC(C)(C)O. The largest absolute Gasteiger partial charge is 0.389 e. The monoisotopic (exact) mass is 344 g/mol. The topological polar surface area (TPSA) is 53.7 Å². The molecule has 1 atom stereocenters. The van der Waals surface area contributed by atoms with Crippen LogP contribution in [-0.2, 0) is 7.05 Å². The lowest BCUT2D eigenvalue weighted by atomic mass is 10.0. The number of nitrogens with zero attached hydrogens (tertiary/aromatic N) is 4. The molecule has 0 bridgehead atoms. The van der Waals surface area contributed by atoms with Crippen molar-refractivity contribution in [3.8, 4) is 0 Å². The van der Waals surface area contributed by atoms with Gasteiger partial charge in [-0.05, 0) is 43.7 Å². The molecule has 0 spiro atoms. The van der Waals surface area contributed by atoms with Crippen LogP contribution in [0.4, 0.5) is 0 Å². The molecule has 24 heavy (non-hydrogen) atoms. The normalized spacial score (nSPS) is 18.0. The number of allylic oxidation sites excluding steroid dienone is 1. The Morgan fingerprint density at radius 3 is 2.50 bits per heavy atom. The highest BCUT2D eigenvalue weighted by Crippen LogP contribution is 2.34. The number of aromatic nitrogens is 2. The molecule has 1 unspecified atom stereocenters. The molecule has 0 radical (unpaired) electrons. The zero-order valence-corrected chi connectivity index (χ0v) is 14.8. The van der Waals surface area contributed by atoms with Gasteiger partial charge in [-0.25, -0.2) is 0 Å². The van der Waals surface area contributed by atoms with Crippen LogP contribution in [0, 0.1) is 0 Å². The van der Waals surface area contributed by atoms with Crippen molar-refractivity contribution in [3.05, 3.63) is 58.9 Å². The van der Waals surface area contributed by atoms with Crippen LogP contribution in [-0.4, -0.2) is 38.1 Å². The minimum absolute atomic E-state index is 0.236. The average Bonchev–Trinajstić information content (AvgIpc) is 2.93. The van der Waals surface area contributed by atoms with Crippen LogP contribution in [0.2, 0.25) is 5.02 Å². The fraction of sp³-hybridized carbons (Fsp3) is 0.333. The Balaban J connectivity index is 2.03. The highest BCUT2D eigenvalue weighted by Gasteiger charge is 2.30. The summed E-state index contributed by atoms with van der Waals surface area (Å²) in [4.78, 5) is 6.72. The maximum atomic E-state index is 10.4. The third-order valence-corrected chi connectivity index (χ3v) is 4.14. The third-order valence-electron chi connectivity index (χ3n) is 3.88. The van der Waals surface area contributed by atoms with Gasteiger partial charge in [0, 0.05) is 36.7 Å². The van der Waals surface area contributed by atoms with Gasteiger partial charge in [0.1, 0.15) is 0 Å². The number of benzene rings is 1. The molecule has 1 aromatic carbocycles. The molecule has 2 heterocycles. The predicted octanol–water partition coefficient (Wildman–Crippen LogP) is 3.27. The second-order valence-electron chi connectivity index (χ2n) is 6.55. The van der Waals surface area contributed by atoms with E-state index >= 15 is 0 Å². The maximum Gasteiger partial charge on any atom is 0.163 e. The van der Waals surface area contributed by atoms with Crippen molar-refractivity contribution in [3.63, 3.8) is 0 Å². The predicted molar refractivity (Wildman–Crippen MR) is 96.9 cm³/mol. The molecule has 1 aliphatic heterocycles. The van der Waals surface area contributed by atoms with Crippen molar-refractivity contribution < 1.29 is 5.11 Å². The lowest BCUT2D eigenvalue weighted by Crippen LogP contribution is -2.40. The minimum Gasteiger partial charge on any atom is -0.389 e. The van der Waals surface area contributed by atoms with Crippen molar-refractivity contribution in [2.45, 2.75) is 25.6 Å². The summed E-state index contributed by atoms with van der Waals surface area (Å²) in [6.07, 6.45) is 5.29. The van der Waals surface area contributed by atoms with E-state index in [-0.39, 0.29) is 6.17 Å². The summed E-state index contributed by atoms with van der Waals surface area (Å²) in [6, 6.07) is 9.63. The summed E-state index contributed by atoms with van der Waals surface area (Å²) in [5, 5.41) is 15.3. The zero-order chi connectivity index (χ0) is 17.3. The Kier molecular flexibility index (Phi) is 4.47. The minimum atomic E-state index is -0.866. The molecule has 0 saturated heterocycles. The maximum absolute atomic E-state index is 10.4. The smallest absolute Gasteiger partial charge is 0.163 e. The number of hydrogen-bond donors (Lipinski definition) is 1. The molecule has 1 N–H and O–H groups in total. The van der Waals surface area contributed by atoms with Crippen LogP contribution in [0.3, 0.4) is 0 Å². The van der Waals surface area contributed by atoms with E-state index in [0.717, 1.165) is 17.0 Å². The van der Waals surface area contributed by atoms with Crippen LogP contribution >= 0.6 is 11.6 Å². The molecular weight excluding hydrogens is 324 g/mol. The summed E-state index contributed by atoms with van der Waals surface area (Å²) in [7, 11) is 1.90. The molecular formula is C18H21ClN4O. The van der Waals surface area contributed by atoms with Crippen LogP contribution in [0.25, 0.3) is 5.70 Å².